The van der Waals surface area contributed by atoms with Crippen molar-refractivity contribution >= 4 is 34.8 Å². The molecule has 0 amide bonds. The summed E-state index contributed by atoms with van der Waals surface area (Å²) in [6.45, 7) is 1.71. The lowest BCUT2D eigenvalue weighted by atomic mass is 10.3. The van der Waals surface area contributed by atoms with Crippen LogP contribution in [-0.4, -0.2) is 14.9 Å². The number of non-ortho nitro benzene ring substituents is 1. The number of ether oxygens (including phenoxy) is 1. The molecule has 0 bridgehead atoms. The van der Waals surface area contributed by atoms with Crippen LogP contribution >= 0.6 is 23.2 Å². The van der Waals surface area contributed by atoms with Gasteiger partial charge >= 0.3 is 0 Å². The van der Waals surface area contributed by atoms with Gasteiger partial charge in [0, 0.05) is 23.9 Å². The standard InChI is InChI=1S/C11H9Cl2N5O3/c1-5-4-15-11(17-14)16-10(5)21-9-7(12)2-6(18(19)20)3-8(9)13/h2-4H,14H2,1H3,(H,15,16,17). The molecule has 0 aliphatic heterocycles. The Bertz CT molecular complexity index is 687. The molecular weight excluding hydrogens is 321 g/mol. The van der Waals surface area contributed by atoms with Crippen LogP contribution < -0.4 is 16.0 Å². The van der Waals surface area contributed by atoms with E-state index in [1.807, 2.05) is 0 Å². The highest BCUT2D eigenvalue weighted by Crippen LogP contribution is 2.39. The smallest absolute Gasteiger partial charge is 0.272 e. The molecule has 0 saturated carbocycles. The van der Waals surface area contributed by atoms with Crippen LogP contribution in [0.25, 0.3) is 0 Å². The number of rotatable bonds is 4. The fraction of sp³-hybridized carbons (Fsp3) is 0.0909. The summed E-state index contributed by atoms with van der Waals surface area (Å²) in [5.74, 6) is 5.60. The van der Waals surface area contributed by atoms with E-state index in [-0.39, 0.29) is 33.3 Å². The number of nitro benzene ring substituents is 1. The van der Waals surface area contributed by atoms with Crippen molar-refractivity contribution in [3.05, 3.63) is 44.1 Å². The molecule has 1 aromatic carbocycles. The van der Waals surface area contributed by atoms with Crippen LogP contribution in [0.4, 0.5) is 11.6 Å². The number of nitro groups is 1. The number of hydrogen-bond acceptors (Lipinski definition) is 7. The number of halogens is 2. The van der Waals surface area contributed by atoms with Crippen molar-refractivity contribution < 1.29 is 9.66 Å². The summed E-state index contributed by atoms with van der Waals surface area (Å²) in [5.41, 5.74) is 2.65. The maximum absolute atomic E-state index is 10.7. The number of nitrogens with two attached hydrogens (primary N) is 1. The Morgan fingerprint density at radius 3 is 2.52 bits per heavy atom. The average Bonchev–Trinajstić information content (AvgIpc) is 2.44. The highest BCUT2D eigenvalue weighted by Gasteiger charge is 2.18. The molecule has 8 nitrogen and oxygen atoms in total. The number of aromatic nitrogens is 2. The number of nitrogen functional groups attached to an aromatic ring is 1. The number of nitrogens with one attached hydrogen (secondary N) is 1. The molecule has 21 heavy (non-hydrogen) atoms. The Hall–Kier alpha value is -2.16. The second-order valence-corrected chi connectivity index (χ2v) is 4.74. The van der Waals surface area contributed by atoms with E-state index in [1.165, 1.54) is 6.20 Å². The maximum Gasteiger partial charge on any atom is 0.272 e. The molecule has 2 aromatic rings. The fourth-order valence-corrected chi connectivity index (χ4v) is 2.00. The second kappa shape index (κ2) is 6.08. The van der Waals surface area contributed by atoms with Crippen LogP contribution in [0.1, 0.15) is 5.56 Å². The van der Waals surface area contributed by atoms with Gasteiger partial charge in [0.15, 0.2) is 5.75 Å². The molecule has 0 aliphatic rings. The topological polar surface area (TPSA) is 116 Å². The third kappa shape index (κ3) is 3.30. The zero-order valence-corrected chi connectivity index (χ0v) is 12.1. The molecule has 0 atom stereocenters. The Labute approximate surface area is 129 Å². The lowest BCUT2D eigenvalue weighted by Gasteiger charge is -2.11. The van der Waals surface area contributed by atoms with Gasteiger partial charge in [-0.25, -0.2) is 10.8 Å². The predicted octanol–water partition coefficient (Wildman–Crippen LogP) is 3.08. The summed E-state index contributed by atoms with van der Waals surface area (Å²) < 4.78 is 5.51. The van der Waals surface area contributed by atoms with Gasteiger partial charge in [-0.05, 0) is 6.92 Å². The normalized spacial score (nSPS) is 10.3. The number of anilines is 1. The summed E-state index contributed by atoms with van der Waals surface area (Å²) in [4.78, 5) is 18.0. The summed E-state index contributed by atoms with van der Waals surface area (Å²) in [6, 6.07) is 2.28. The lowest BCUT2D eigenvalue weighted by Crippen LogP contribution is -2.11. The van der Waals surface area contributed by atoms with Gasteiger partial charge < -0.3 is 4.74 Å². The highest BCUT2D eigenvalue weighted by molar-refractivity contribution is 6.37. The zero-order valence-electron chi connectivity index (χ0n) is 10.6. The van der Waals surface area contributed by atoms with E-state index in [1.54, 1.807) is 6.92 Å². The molecule has 1 heterocycles. The van der Waals surface area contributed by atoms with E-state index in [9.17, 15) is 10.1 Å². The number of aryl methyl sites for hydroxylation is 1. The number of nitrogens with zero attached hydrogens (tertiary/aromatic N) is 3. The Morgan fingerprint density at radius 2 is 2.00 bits per heavy atom. The summed E-state index contributed by atoms with van der Waals surface area (Å²) in [5, 5.41) is 10.7. The predicted molar refractivity (Wildman–Crippen MR) is 77.8 cm³/mol. The van der Waals surface area contributed by atoms with Gasteiger partial charge in [0.2, 0.25) is 11.8 Å². The van der Waals surface area contributed by atoms with E-state index in [2.05, 4.69) is 15.4 Å². The van der Waals surface area contributed by atoms with Gasteiger partial charge in [0.1, 0.15) is 0 Å². The van der Waals surface area contributed by atoms with Gasteiger partial charge in [-0.15, -0.1) is 0 Å². The monoisotopic (exact) mass is 329 g/mol. The van der Waals surface area contributed by atoms with Crippen molar-refractivity contribution in [1.29, 1.82) is 0 Å². The first-order valence-corrected chi connectivity index (χ1v) is 6.29. The molecule has 10 heteroatoms. The largest absolute Gasteiger partial charge is 0.435 e. The second-order valence-electron chi connectivity index (χ2n) is 3.92. The van der Waals surface area contributed by atoms with E-state index >= 15 is 0 Å². The molecule has 0 aliphatic carbocycles. The molecule has 0 radical (unpaired) electrons. The first kappa shape index (κ1) is 15.2. The van der Waals surface area contributed by atoms with Crippen molar-refractivity contribution in [2.24, 2.45) is 5.84 Å². The van der Waals surface area contributed by atoms with E-state index in [4.69, 9.17) is 33.8 Å². The SMILES string of the molecule is Cc1cnc(NN)nc1Oc1c(Cl)cc([N+](=O)[O-])cc1Cl. The van der Waals surface area contributed by atoms with Crippen LogP contribution in [0, 0.1) is 17.0 Å². The maximum atomic E-state index is 10.7. The van der Waals surface area contributed by atoms with Crippen molar-refractivity contribution in [3.8, 4) is 11.6 Å². The van der Waals surface area contributed by atoms with Crippen LogP contribution in [0.5, 0.6) is 11.6 Å². The third-order valence-electron chi connectivity index (χ3n) is 2.45. The zero-order chi connectivity index (χ0) is 15.6. The lowest BCUT2D eigenvalue weighted by molar-refractivity contribution is -0.384. The summed E-state index contributed by atoms with van der Waals surface area (Å²) >= 11 is 11.9. The van der Waals surface area contributed by atoms with Gasteiger partial charge in [-0.2, -0.15) is 4.98 Å². The Morgan fingerprint density at radius 1 is 1.38 bits per heavy atom. The Kier molecular flexibility index (Phi) is 4.41. The molecular formula is C11H9Cl2N5O3. The minimum absolute atomic E-state index is 0.00512. The van der Waals surface area contributed by atoms with Crippen molar-refractivity contribution in [2.75, 3.05) is 5.43 Å². The van der Waals surface area contributed by atoms with Gasteiger partial charge in [-0.3, -0.25) is 15.5 Å². The van der Waals surface area contributed by atoms with Crippen molar-refractivity contribution in [2.45, 2.75) is 6.92 Å². The molecule has 0 fully saturated rings. The minimum atomic E-state index is -0.603. The first-order valence-electron chi connectivity index (χ1n) is 5.54. The molecule has 1 aromatic heterocycles. The number of hydrogen-bond donors (Lipinski definition) is 2. The fourth-order valence-electron chi connectivity index (χ4n) is 1.45. The molecule has 0 spiro atoms. The van der Waals surface area contributed by atoms with Crippen LogP contribution in [-0.2, 0) is 0 Å². The first-order chi connectivity index (χ1) is 9.92. The third-order valence-corrected chi connectivity index (χ3v) is 3.01. The molecule has 3 N–H and O–H groups in total. The molecule has 0 unspecified atom stereocenters. The van der Waals surface area contributed by atoms with E-state index in [0.29, 0.717) is 5.56 Å². The number of benzene rings is 1. The van der Waals surface area contributed by atoms with Gasteiger partial charge in [0.05, 0.1) is 15.0 Å². The van der Waals surface area contributed by atoms with Crippen LogP contribution in [0.2, 0.25) is 10.0 Å². The van der Waals surface area contributed by atoms with E-state index < -0.39 is 4.92 Å². The van der Waals surface area contributed by atoms with Crippen molar-refractivity contribution in [3.63, 3.8) is 0 Å². The van der Waals surface area contributed by atoms with Crippen molar-refractivity contribution in [1.82, 2.24) is 9.97 Å². The molecule has 0 saturated heterocycles. The van der Waals surface area contributed by atoms with Gasteiger partial charge in [-0.1, -0.05) is 23.2 Å². The minimum Gasteiger partial charge on any atom is -0.435 e. The summed E-state index contributed by atoms with van der Waals surface area (Å²) in [7, 11) is 0. The average molecular weight is 330 g/mol. The van der Waals surface area contributed by atoms with E-state index in [0.717, 1.165) is 12.1 Å². The number of hydrazine groups is 1. The highest BCUT2D eigenvalue weighted by atomic mass is 35.5. The Balaban J connectivity index is 2.42. The van der Waals surface area contributed by atoms with Gasteiger partial charge in [0.25, 0.3) is 5.69 Å². The quantitative estimate of drug-likeness (QED) is 0.502. The van der Waals surface area contributed by atoms with Crippen LogP contribution in [0.3, 0.4) is 0 Å². The molecule has 2 rings (SSSR count). The molecule has 110 valence electrons. The van der Waals surface area contributed by atoms with Crippen LogP contribution in [0.15, 0.2) is 18.3 Å². The summed E-state index contributed by atoms with van der Waals surface area (Å²) in [6.07, 6.45) is 1.49.